The van der Waals surface area contributed by atoms with E-state index in [0.29, 0.717) is 0 Å². The number of aliphatic imine (C=N–C) groups is 1. The molecule has 0 unspecified atom stereocenters. The van der Waals surface area contributed by atoms with Crippen LogP contribution in [0.5, 0.6) is 0 Å². The van der Waals surface area contributed by atoms with Gasteiger partial charge in [-0.1, -0.05) is 76.2 Å². The van der Waals surface area contributed by atoms with E-state index in [1.165, 1.54) is 16.7 Å². The summed E-state index contributed by atoms with van der Waals surface area (Å²) in [6.07, 6.45) is 1.94. The van der Waals surface area contributed by atoms with Gasteiger partial charge in [0.1, 0.15) is 5.82 Å². The van der Waals surface area contributed by atoms with Gasteiger partial charge in [-0.05, 0) is 59.4 Å². The van der Waals surface area contributed by atoms with E-state index in [2.05, 4.69) is 74.8 Å². The Bertz CT molecular complexity index is 1280. The summed E-state index contributed by atoms with van der Waals surface area (Å²) in [6.45, 7) is 0. The molecule has 0 amide bonds. The Balaban J connectivity index is 1.53. The normalized spacial score (nSPS) is 19.4. The highest BCUT2D eigenvalue weighted by Crippen LogP contribution is 2.51. The quantitative estimate of drug-likeness (QED) is 0.373. The van der Waals surface area contributed by atoms with Gasteiger partial charge < -0.3 is 4.90 Å². The van der Waals surface area contributed by atoms with Crippen molar-refractivity contribution in [1.29, 1.82) is 0 Å². The Hall–Kier alpha value is -2.63. The Kier molecular flexibility index (Phi) is 4.62. The van der Waals surface area contributed by atoms with Gasteiger partial charge in [0.05, 0.1) is 17.4 Å². The second-order valence-electron chi connectivity index (χ2n) is 7.88. The lowest BCUT2D eigenvalue weighted by Crippen LogP contribution is -2.34. The SMILES string of the molecule is Fc1ccc([C@H]2C3=C(N=C4SC=C(c5ccc(Br)cc5)N42)c2ccccc2CC3)cc1. The minimum absolute atomic E-state index is 0.00125. The zero-order chi connectivity index (χ0) is 20.9. The molecule has 0 spiro atoms. The summed E-state index contributed by atoms with van der Waals surface area (Å²) in [5.74, 6) is -0.212. The first-order valence-corrected chi connectivity index (χ1v) is 11.9. The maximum absolute atomic E-state index is 13.8. The van der Waals surface area contributed by atoms with Crippen molar-refractivity contribution in [2.75, 3.05) is 0 Å². The highest BCUT2D eigenvalue weighted by molar-refractivity contribution is 9.10. The third-order valence-corrected chi connectivity index (χ3v) is 7.47. The average Bonchev–Trinajstić information content (AvgIpc) is 3.22. The van der Waals surface area contributed by atoms with E-state index < -0.39 is 0 Å². The number of hydrogen-bond donors (Lipinski definition) is 0. The van der Waals surface area contributed by atoms with Crippen molar-refractivity contribution in [2.24, 2.45) is 4.99 Å². The molecule has 3 aromatic rings. The van der Waals surface area contributed by atoms with Gasteiger partial charge in [-0.3, -0.25) is 0 Å². The second-order valence-corrected chi connectivity index (χ2v) is 9.63. The minimum Gasteiger partial charge on any atom is -0.308 e. The molecule has 1 aliphatic carbocycles. The predicted molar refractivity (Wildman–Crippen MR) is 130 cm³/mol. The minimum atomic E-state index is -0.212. The van der Waals surface area contributed by atoms with Crippen LogP contribution in [0, 0.1) is 5.82 Å². The van der Waals surface area contributed by atoms with E-state index in [-0.39, 0.29) is 11.9 Å². The first-order chi connectivity index (χ1) is 15.2. The number of amidine groups is 1. The van der Waals surface area contributed by atoms with Gasteiger partial charge in [0.2, 0.25) is 0 Å². The van der Waals surface area contributed by atoms with Crippen molar-refractivity contribution in [3.63, 3.8) is 0 Å². The van der Waals surface area contributed by atoms with Crippen molar-refractivity contribution in [3.05, 3.63) is 116 Å². The van der Waals surface area contributed by atoms with Crippen LogP contribution in [-0.2, 0) is 6.42 Å². The van der Waals surface area contributed by atoms with Gasteiger partial charge in [0, 0.05) is 15.4 Å². The lowest BCUT2D eigenvalue weighted by atomic mass is 9.82. The summed E-state index contributed by atoms with van der Waals surface area (Å²) < 4.78 is 14.8. The first kappa shape index (κ1) is 19.1. The number of nitrogens with zero attached hydrogens (tertiary/aromatic N) is 2. The zero-order valence-corrected chi connectivity index (χ0v) is 19.0. The molecule has 3 aliphatic rings. The van der Waals surface area contributed by atoms with Crippen LogP contribution in [0.1, 0.15) is 34.7 Å². The Morgan fingerprint density at radius 3 is 2.52 bits per heavy atom. The van der Waals surface area contributed by atoms with Gasteiger partial charge in [-0.25, -0.2) is 9.38 Å². The number of aryl methyl sites for hydroxylation is 1. The fraction of sp³-hybridized carbons (Fsp3) is 0.115. The molecule has 152 valence electrons. The van der Waals surface area contributed by atoms with Crippen LogP contribution in [0.15, 0.2) is 93.2 Å². The van der Waals surface area contributed by atoms with Crippen LogP contribution < -0.4 is 0 Å². The third-order valence-electron chi connectivity index (χ3n) is 6.10. The Morgan fingerprint density at radius 2 is 1.71 bits per heavy atom. The number of halogens is 2. The summed E-state index contributed by atoms with van der Waals surface area (Å²) in [7, 11) is 0. The van der Waals surface area contributed by atoms with Crippen molar-refractivity contribution in [3.8, 4) is 0 Å². The van der Waals surface area contributed by atoms with Crippen LogP contribution >= 0.6 is 27.7 Å². The maximum Gasteiger partial charge on any atom is 0.174 e. The number of fused-ring (bicyclic) bond motifs is 3. The molecule has 2 aliphatic heterocycles. The standard InChI is InChI=1S/C26H18BrFN2S/c27-19-10-5-17(6-11-19)23-15-31-26-29-24-21-4-2-1-3-16(21)9-14-22(24)25(30(23)26)18-7-12-20(28)13-8-18/h1-8,10-13,15,25H,9,14H2/t25-/m0/s1. The number of thioether (sulfide) groups is 1. The summed E-state index contributed by atoms with van der Waals surface area (Å²) >= 11 is 5.19. The average molecular weight is 489 g/mol. The molecule has 0 N–H and O–H groups in total. The molecule has 31 heavy (non-hydrogen) atoms. The van der Waals surface area contributed by atoms with Crippen LogP contribution in [0.25, 0.3) is 11.4 Å². The highest BCUT2D eigenvalue weighted by Gasteiger charge is 2.40. The van der Waals surface area contributed by atoms with Crippen LogP contribution in [-0.4, -0.2) is 10.1 Å². The first-order valence-electron chi connectivity index (χ1n) is 10.3. The number of rotatable bonds is 2. The van der Waals surface area contributed by atoms with E-state index >= 15 is 0 Å². The topological polar surface area (TPSA) is 15.6 Å². The van der Waals surface area contributed by atoms with Gasteiger partial charge in [-0.15, -0.1) is 0 Å². The molecular formula is C26H18BrFN2S. The lowest BCUT2D eigenvalue weighted by molar-refractivity contribution is 0.473. The molecule has 3 aromatic carbocycles. The summed E-state index contributed by atoms with van der Waals surface area (Å²) in [5.41, 5.74) is 8.33. The van der Waals surface area contributed by atoms with Crippen LogP contribution in [0.4, 0.5) is 4.39 Å². The molecule has 0 radical (unpaired) electrons. The molecule has 0 aromatic heterocycles. The van der Waals surface area contributed by atoms with Crippen molar-refractivity contribution < 1.29 is 4.39 Å². The summed E-state index contributed by atoms with van der Waals surface area (Å²) in [5, 5.41) is 3.16. The Morgan fingerprint density at radius 1 is 0.935 bits per heavy atom. The molecule has 5 heteroatoms. The molecule has 0 saturated heterocycles. The number of benzene rings is 3. The highest BCUT2D eigenvalue weighted by atomic mass is 79.9. The molecule has 0 fully saturated rings. The second kappa shape index (κ2) is 7.50. The predicted octanol–water partition coefficient (Wildman–Crippen LogP) is 7.40. The third kappa shape index (κ3) is 3.19. The molecule has 1 atom stereocenters. The van der Waals surface area contributed by atoms with Crippen molar-refractivity contribution >= 4 is 44.3 Å². The Labute approximate surface area is 193 Å². The van der Waals surface area contributed by atoms with E-state index in [4.69, 9.17) is 4.99 Å². The fourth-order valence-electron chi connectivity index (χ4n) is 4.66. The maximum atomic E-state index is 13.8. The lowest BCUT2D eigenvalue weighted by Gasteiger charge is -2.39. The summed E-state index contributed by atoms with van der Waals surface area (Å²) in [4.78, 5) is 7.47. The summed E-state index contributed by atoms with van der Waals surface area (Å²) in [6, 6.07) is 23.9. The van der Waals surface area contributed by atoms with Gasteiger partial charge in [0.25, 0.3) is 0 Å². The van der Waals surface area contributed by atoms with E-state index in [0.717, 1.165) is 45.0 Å². The smallest absolute Gasteiger partial charge is 0.174 e. The van der Waals surface area contributed by atoms with Gasteiger partial charge >= 0.3 is 0 Å². The number of hydrogen-bond acceptors (Lipinski definition) is 3. The van der Waals surface area contributed by atoms with Crippen LogP contribution in [0.2, 0.25) is 0 Å². The van der Waals surface area contributed by atoms with Crippen LogP contribution in [0.3, 0.4) is 0 Å². The molecule has 2 nitrogen and oxygen atoms in total. The van der Waals surface area contributed by atoms with E-state index in [9.17, 15) is 4.39 Å². The monoisotopic (exact) mass is 488 g/mol. The van der Waals surface area contributed by atoms with E-state index in [1.54, 1.807) is 23.9 Å². The molecule has 0 saturated carbocycles. The van der Waals surface area contributed by atoms with Gasteiger partial charge in [-0.2, -0.15) is 0 Å². The van der Waals surface area contributed by atoms with Gasteiger partial charge in [0.15, 0.2) is 5.17 Å². The van der Waals surface area contributed by atoms with E-state index in [1.807, 2.05) is 12.1 Å². The molecule has 0 bridgehead atoms. The van der Waals surface area contributed by atoms with Crippen molar-refractivity contribution in [1.82, 2.24) is 4.90 Å². The van der Waals surface area contributed by atoms with Crippen molar-refractivity contribution in [2.45, 2.75) is 18.9 Å². The molecule has 2 heterocycles. The zero-order valence-electron chi connectivity index (χ0n) is 16.6. The fourth-order valence-corrected chi connectivity index (χ4v) is 5.85. The largest absolute Gasteiger partial charge is 0.308 e. The molecule has 6 rings (SSSR count). The molecular weight excluding hydrogens is 471 g/mol.